The molecule has 2 nitrogen and oxygen atoms in total. The third-order valence-electron chi connectivity index (χ3n) is 3.22. The average molecular weight is 184 g/mol. The van der Waals surface area contributed by atoms with Crippen molar-refractivity contribution >= 4 is 0 Å². The Balaban J connectivity index is 2.53. The second kappa shape index (κ2) is 4.97. The van der Waals surface area contributed by atoms with Crippen LogP contribution < -0.4 is 5.32 Å². The molecule has 0 aromatic rings. The first-order valence-corrected chi connectivity index (χ1v) is 5.68. The van der Waals surface area contributed by atoms with Crippen LogP contribution in [0.2, 0.25) is 0 Å². The van der Waals surface area contributed by atoms with Crippen LogP contribution in [0, 0.1) is 0 Å². The van der Waals surface area contributed by atoms with Gasteiger partial charge in [-0.15, -0.1) is 0 Å². The van der Waals surface area contributed by atoms with Gasteiger partial charge in [-0.25, -0.2) is 0 Å². The maximum Gasteiger partial charge on any atom is 0.0196 e. The molecule has 1 aliphatic rings. The van der Waals surface area contributed by atoms with E-state index in [4.69, 9.17) is 0 Å². The van der Waals surface area contributed by atoms with Crippen molar-refractivity contribution in [1.29, 1.82) is 0 Å². The molecule has 0 bridgehead atoms. The van der Waals surface area contributed by atoms with E-state index in [-0.39, 0.29) is 0 Å². The molecule has 0 amide bonds. The first-order chi connectivity index (χ1) is 6.19. The Morgan fingerprint density at radius 3 is 2.46 bits per heavy atom. The van der Waals surface area contributed by atoms with Gasteiger partial charge in [-0.2, -0.15) is 0 Å². The van der Waals surface area contributed by atoms with E-state index < -0.39 is 0 Å². The molecule has 0 aliphatic carbocycles. The van der Waals surface area contributed by atoms with Gasteiger partial charge in [0.25, 0.3) is 0 Å². The molecule has 1 saturated heterocycles. The van der Waals surface area contributed by atoms with Crippen LogP contribution >= 0.6 is 0 Å². The van der Waals surface area contributed by atoms with Crippen LogP contribution in [0.15, 0.2) is 0 Å². The molecule has 0 aromatic carbocycles. The minimum Gasteiger partial charge on any atom is -0.311 e. The van der Waals surface area contributed by atoms with Gasteiger partial charge in [-0.05, 0) is 26.7 Å². The van der Waals surface area contributed by atoms with Gasteiger partial charge in [-0.1, -0.05) is 13.8 Å². The smallest absolute Gasteiger partial charge is 0.0196 e. The SMILES string of the molecule is CCC(CC)N1C[C@@H](C)NC[C@@H]1C. The van der Waals surface area contributed by atoms with Crippen molar-refractivity contribution in [3.8, 4) is 0 Å². The summed E-state index contributed by atoms with van der Waals surface area (Å²) in [6.45, 7) is 11.6. The molecule has 1 fully saturated rings. The molecule has 0 saturated carbocycles. The van der Waals surface area contributed by atoms with Crippen LogP contribution in [-0.4, -0.2) is 36.1 Å². The van der Waals surface area contributed by atoms with E-state index in [1.807, 2.05) is 0 Å². The number of piperazine rings is 1. The first-order valence-electron chi connectivity index (χ1n) is 5.68. The zero-order valence-electron chi connectivity index (χ0n) is 9.51. The summed E-state index contributed by atoms with van der Waals surface area (Å²) >= 11 is 0. The van der Waals surface area contributed by atoms with Crippen LogP contribution in [0.1, 0.15) is 40.5 Å². The van der Waals surface area contributed by atoms with E-state index in [9.17, 15) is 0 Å². The largest absolute Gasteiger partial charge is 0.311 e. The topological polar surface area (TPSA) is 15.3 Å². The Morgan fingerprint density at radius 1 is 1.31 bits per heavy atom. The lowest BCUT2D eigenvalue weighted by Crippen LogP contribution is -2.57. The summed E-state index contributed by atoms with van der Waals surface area (Å²) in [4.78, 5) is 2.67. The molecule has 13 heavy (non-hydrogen) atoms. The molecule has 0 aromatic heterocycles. The fourth-order valence-electron chi connectivity index (χ4n) is 2.32. The second-order valence-electron chi connectivity index (χ2n) is 4.33. The van der Waals surface area contributed by atoms with Gasteiger partial charge in [0.1, 0.15) is 0 Å². The molecule has 78 valence electrons. The van der Waals surface area contributed by atoms with E-state index >= 15 is 0 Å². The van der Waals surface area contributed by atoms with Gasteiger partial charge >= 0.3 is 0 Å². The molecule has 1 N–H and O–H groups in total. The molecule has 2 atom stereocenters. The monoisotopic (exact) mass is 184 g/mol. The number of nitrogens with zero attached hydrogens (tertiary/aromatic N) is 1. The van der Waals surface area contributed by atoms with Crippen molar-refractivity contribution in [3.63, 3.8) is 0 Å². The van der Waals surface area contributed by atoms with Gasteiger partial charge in [0.2, 0.25) is 0 Å². The highest BCUT2D eigenvalue weighted by atomic mass is 15.2. The van der Waals surface area contributed by atoms with Gasteiger partial charge in [0.05, 0.1) is 0 Å². The van der Waals surface area contributed by atoms with Crippen LogP contribution in [-0.2, 0) is 0 Å². The summed E-state index contributed by atoms with van der Waals surface area (Å²) in [6.07, 6.45) is 2.57. The third kappa shape index (κ3) is 2.68. The Hall–Kier alpha value is -0.0800. The highest BCUT2D eigenvalue weighted by Crippen LogP contribution is 2.15. The fourth-order valence-corrected chi connectivity index (χ4v) is 2.32. The zero-order chi connectivity index (χ0) is 9.84. The molecular weight excluding hydrogens is 160 g/mol. The molecule has 1 heterocycles. The number of nitrogens with one attached hydrogen (secondary N) is 1. The van der Waals surface area contributed by atoms with E-state index in [1.54, 1.807) is 0 Å². The lowest BCUT2D eigenvalue weighted by Gasteiger charge is -2.42. The van der Waals surface area contributed by atoms with E-state index in [0.29, 0.717) is 12.1 Å². The second-order valence-corrected chi connectivity index (χ2v) is 4.33. The molecule has 1 rings (SSSR count). The predicted octanol–water partition coefficient (Wildman–Crippen LogP) is 1.86. The standard InChI is InChI=1S/C11H24N2/c1-5-11(6-2)13-8-9(3)12-7-10(13)4/h9-12H,5-8H2,1-4H3/t9-,10+/m1/s1. The Bertz CT molecular complexity index is 143. The normalized spacial score (nSPS) is 31.2. The fraction of sp³-hybridized carbons (Fsp3) is 1.00. The Kier molecular flexibility index (Phi) is 4.20. The summed E-state index contributed by atoms with van der Waals surface area (Å²) in [5, 5.41) is 3.52. The number of hydrogen-bond acceptors (Lipinski definition) is 2. The quantitative estimate of drug-likeness (QED) is 0.720. The van der Waals surface area contributed by atoms with Crippen molar-refractivity contribution < 1.29 is 0 Å². The van der Waals surface area contributed by atoms with Crippen molar-refractivity contribution in [1.82, 2.24) is 10.2 Å². The van der Waals surface area contributed by atoms with Crippen molar-refractivity contribution in [2.75, 3.05) is 13.1 Å². The van der Waals surface area contributed by atoms with Crippen LogP contribution in [0.25, 0.3) is 0 Å². The minimum absolute atomic E-state index is 0.664. The highest BCUT2D eigenvalue weighted by molar-refractivity contribution is 4.85. The summed E-state index contributed by atoms with van der Waals surface area (Å²) < 4.78 is 0. The van der Waals surface area contributed by atoms with Crippen LogP contribution in [0.5, 0.6) is 0 Å². The van der Waals surface area contributed by atoms with Gasteiger partial charge in [-0.3, -0.25) is 4.90 Å². The van der Waals surface area contributed by atoms with E-state index in [1.165, 1.54) is 19.4 Å². The molecule has 2 heteroatoms. The Labute approximate surface area is 82.7 Å². The molecule has 0 radical (unpaired) electrons. The lowest BCUT2D eigenvalue weighted by molar-refractivity contribution is 0.0900. The van der Waals surface area contributed by atoms with E-state index in [0.717, 1.165) is 12.6 Å². The molecule has 1 aliphatic heterocycles. The maximum absolute atomic E-state index is 3.52. The number of hydrogen-bond donors (Lipinski definition) is 1. The van der Waals surface area contributed by atoms with E-state index in [2.05, 4.69) is 37.9 Å². The summed E-state index contributed by atoms with van der Waals surface area (Å²) in [5.74, 6) is 0. The van der Waals surface area contributed by atoms with Crippen LogP contribution in [0.3, 0.4) is 0 Å². The molecule has 0 spiro atoms. The van der Waals surface area contributed by atoms with Gasteiger partial charge in [0, 0.05) is 31.2 Å². The first kappa shape index (κ1) is 11.0. The summed E-state index contributed by atoms with van der Waals surface area (Å²) in [5.41, 5.74) is 0. The van der Waals surface area contributed by atoms with Crippen molar-refractivity contribution in [3.05, 3.63) is 0 Å². The van der Waals surface area contributed by atoms with Crippen molar-refractivity contribution in [2.45, 2.75) is 58.7 Å². The predicted molar refractivity (Wildman–Crippen MR) is 58.0 cm³/mol. The van der Waals surface area contributed by atoms with Crippen LogP contribution in [0.4, 0.5) is 0 Å². The van der Waals surface area contributed by atoms with Gasteiger partial charge in [0.15, 0.2) is 0 Å². The summed E-state index contributed by atoms with van der Waals surface area (Å²) in [6, 6.07) is 2.16. The minimum atomic E-state index is 0.664. The maximum atomic E-state index is 3.52. The average Bonchev–Trinajstić information content (AvgIpc) is 2.13. The zero-order valence-corrected chi connectivity index (χ0v) is 9.51. The Morgan fingerprint density at radius 2 is 1.92 bits per heavy atom. The number of rotatable bonds is 3. The van der Waals surface area contributed by atoms with Gasteiger partial charge < -0.3 is 5.32 Å². The lowest BCUT2D eigenvalue weighted by atomic mass is 10.0. The van der Waals surface area contributed by atoms with Crippen molar-refractivity contribution in [2.24, 2.45) is 0 Å². The third-order valence-corrected chi connectivity index (χ3v) is 3.22. The molecular formula is C11H24N2. The molecule has 0 unspecified atom stereocenters. The highest BCUT2D eigenvalue weighted by Gasteiger charge is 2.26. The summed E-state index contributed by atoms with van der Waals surface area (Å²) in [7, 11) is 0.